The summed E-state index contributed by atoms with van der Waals surface area (Å²) in [4.78, 5) is 11.0. The van der Waals surface area contributed by atoms with Gasteiger partial charge in [-0.2, -0.15) is 0 Å². The van der Waals surface area contributed by atoms with E-state index >= 15 is 0 Å². The molecule has 84 valence electrons. The summed E-state index contributed by atoms with van der Waals surface area (Å²) in [7, 11) is 0.289. The summed E-state index contributed by atoms with van der Waals surface area (Å²) in [6.07, 6.45) is 0. The molecule has 0 atom stereocenters. The monoisotopic (exact) mass is 234 g/mol. The first-order valence-electron chi connectivity index (χ1n) is 4.95. The number of carbonyl (C=O) groups excluding carboxylic acids is 1. The van der Waals surface area contributed by atoms with Crippen LogP contribution in [0.4, 0.5) is 0 Å². The fourth-order valence-electron chi connectivity index (χ4n) is 0.940. The predicted molar refractivity (Wildman–Crippen MR) is 63.6 cm³/mol. The van der Waals surface area contributed by atoms with Crippen LogP contribution in [0.3, 0.4) is 0 Å². The number of rotatable bonds is 6. The van der Waals surface area contributed by atoms with Gasteiger partial charge in [-0.3, -0.25) is 0 Å². The van der Waals surface area contributed by atoms with Gasteiger partial charge in [-0.15, -0.1) is 0 Å². The van der Waals surface area contributed by atoms with Gasteiger partial charge in [0.05, 0.1) is 6.61 Å². The molecule has 0 fully saturated rings. The lowest BCUT2D eigenvalue weighted by molar-refractivity contribution is -0.139. The molecule has 0 N–H and O–H groups in total. The van der Waals surface area contributed by atoms with Gasteiger partial charge < -0.3 is 9.16 Å². The van der Waals surface area contributed by atoms with Gasteiger partial charge in [-0.1, -0.05) is 36.9 Å². The molecule has 0 amide bonds. The molecule has 2 radical (unpaired) electrons. The molecule has 0 unspecified atom stereocenters. The molecule has 0 aliphatic heterocycles. The van der Waals surface area contributed by atoms with E-state index in [4.69, 9.17) is 9.16 Å². The molecule has 0 saturated heterocycles. The topological polar surface area (TPSA) is 35.5 Å². The van der Waals surface area contributed by atoms with Crippen LogP contribution in [0.1, 0.15) is 6.92 Å². The van der Waals surface area contributed by atoms with E-state index in [0.717, 1.165) is 5.19 Å². The molecule has 0 spiro atoms. The van der Waals surface area contributed by atoms with Crippen LogP contribution in [-0.2, 0) is 14.0 Å². The molecule has 0 saturated carbocycles. The quantitative estimate of drug-likeness (QED) is 0.320. The predicted octanol–water partition coefficient (Wildman–Crippen LogP) is 1.07. The molecule has 0 aromatic heterocycles. The van der Waals surface area contributed by atoms with Crippen molar-refractivity contribution in [3.63, 3.8) is 0 Å². The van der Waals surface area contributed by atoms with E-state index < -0.39 is 0 Å². The van der Waals surface area contributed by atoms with Crippen molar-refractivity contribution in [2.24, 2.45) is 0 Å². The van der Waals surface area contributed by atoms with E-state index in [1.54, 1.807) is 6.92 Å². The van der Waals surface area contributed by atoms with Crippen molar-refractivity contribution in [2.75, 3.05) is 13.2 Å². The summed E-state index contributed by atoms with van der Waals surface area (Å²) in [6.45, 7) is 5.79. The number of carbonyl (C=O) groups is 1. The molecular formula is C12H14O3Si. The lowest BCUT2D eigenvalue weighted by Crippen LogP contribution is -2.20. The molecule has 3 nitrogen and oxygen atoms in total. The minimum absolute atomic E-state index is 0.269. The molecule has 16 heavy (non-hydrogen) atoms. The highest BCUT2D eigenvalue weighted by Gasteiger charge is 2.02. The first-order valence-corrected chi connectivity index (χ1v) is 5.86. The smallest absolute Gasteiger partial charge is 0.333 e. The average Bonchev–Trinajstić information content (AvgIpc) is 2.29. The van der Waals surface area contributed by atoms with Crippen LogP contribution >= 0.6 is 0 Å². The molecule has 0 bridgehead atoms. The lowest BCUT2D eigenvalue weighted by Gasteiger charge is -2.04. The highest BCUT2D eigenvalue weighted by atomic mass is 28.2. The van der Waals surface area contributed by atoms with Gasteiger partial charge in [0.2, 0.25) is 0 Å². The third-order valence-corrected chi connectivity index (χ3v) is 2.65. The van der Waals surface area contributed by atoms with Crippen molar-refractivity contribution in [1.29, 1.82) is 0 Å². The van der Waals surface area contributed by atoms with Crippen molar-refractivity contribution in [1.82, 2.24) is 0 Å². The highest BCUT2D eigenvalue weighted by Crippen LogP contribution is 1.91. The van der Waals surface area contributed by atoms with Crippen molar-refractivity contribution < 1.29 is 14.0 Å². The molecule has 4 heteroatoms. The SMILES string of the molecule is C=C(C)C(=O)OCCO[Si]c1ccccc1. The fraction of sp³-hybridized carbons (Fsp3) is 0.250. The second-order valence-electron chi connectivity index (χ2n) is 3.23. The van der Waals surface area contributed by atoms with Gasteiger partial charge in [-0.05, 0) is 12.1 Å². The Bertz CT molecular complexity index is 349. The van der Waals surface area contributed by atoms with Crippen LogP contribution in [0.5, 0.6) is 0 Å². The van der Waals surface area contributed by atoms with Crippen LogP contribution in [-0.4, -0.2) is 28.9 Å². The zero-order valence-corrected chi connectivity index (χ0v) is 10.2. The first-order chi connectivity index (χ1) is 7.70. The maximum Gasteiger partial charge on any atom is 0.333 e. The largest absolute Gasteiger partial charge is 0.460 e. The molecular weight excluding hydrogens is 220 g/mol. The summed E-state index contributed by atoms with van der Waals surface area (Å²) < 4.78 is 10.3. The van der Waals surface area contributed by atoms with Crippen LogP contribution in [0, 0.1) is 0 Å². The summed E-state index contributed by atoms with van der Waals surface area (Å²) in [5, 5.41) is 1.13. The number of benzene rings is 1. The van der Waals surface area contributed by atoms with E-state index in [2.05, 4.69) is 6.58 Å². The Kier molecular flexibility index (Phi) is 5.53. The molecule has 0 aliphatic carbocycles. The number of hydrogen-bond donors (Lipinski definition) is 0. The third-order valence-electron chi connectivity index (χ3n) is 1.73. The Morgan fingerprint density at radius 2 is 2.00 bits per heavy atom. The number of ether oxygens (including phenoxy) is 1. The standard InChI is InChI=1S/C12H14O3Si/c1-10(2)12(13)14-8-9-15-16-11-6-4-3-5-7-11/h3-7H,1,8-9H2,2H3. The summed E-state index contributed by atoms with van der Waals surface area (Å²) in [5.41, 5.74) is 0.408. The van der Waals surface area contributed by atoms with Crippen molar-refractivity contribution >= 4 is 20.9 Å². The van der Waals surface area contributed by atoms with Crippen LogP contribution < -0.4 is 5.19 Å². The lowest BCUT2D eigenvalue weighted by atomic mass is 10.4. The van der Waals surface area contributed by atoms with E-state index in [-0.39, 0.29) is 22.3 Å². The van der Waals surface area contributed by atoms with Gasteiger partial charge in [-0.25, -0.2) is 4.79 Å². The Balaban J connectivity index is 2.09. The Morgan fingerprint density at radius 3 is 2.62 bits per heavy atom. The maximum absolute atomic E-state index is 11.0. The number of esters is 1. The van der Waals surface area contributed by atoms with Gasteiger partial charge in [0.15, 0.2) is 0 Å². The van der Waals surface area contributed by atoms with E-state index in [9.17, 15) is 4.79 Å². The van der Waals surface area contributed by atoms with E-state index in [1.165, 1.54) is 0 Å². The summed E-state index contributed by atoms with van der Waals surface area (Å²) in [6, 6.07) is 9.89. The van der Waals surface area contributed by atoms with Crippen molar-refractivity contribution in [3.8, 4) is 0 Å². The van der Waals surface area contributed by atoms with Gasteiger partial charge >= 0.3 is 5.97 Å². The molecule has 1 rings (SSSR count). The zero-order chi connectivity index (χ0) is 11.8. The van der Waals surface area contributed by atoms with Gasteiger partial charge in [0, 0.05) is 5.57 Å². The van der Waals surface area contributed by atoms with Crippen LogP contribution in [0.2, 0.25) is 0 Å². The van der Waals surface area contributed by atoms with Crippen molar-refractivity contribution in [3.05, 3.63) is 42.5 Å². The fourth-order valence-corrected chi connectivity index (χ4v) is 1.62. The van der Waals surface area contributed by atoms with Crippen LogP contribution in [0.25, 0.3) is 0 Å². The Hall–Kier alpha value is -1.39. The minimum Gasteiger partial charge on any atom is -0.460 e. The maximum atomic E-state index is 11.0. The molecule has 1 aromatic rings. The normalized spacial score (nSPS) is 9.81. The molecule has 1 aromatic carbocycles. The number of hydrogen-bond acceptors (Lipinski definition) is 3. The van der Waals surface area contributed by atoms with E-state index in [0.29, 0.717) is 12.2 Å². The minimum atomic E-state index is -0.369. The second-order valence-corrected chi connectivity index (χ2v) is 4.30. The van der Waals surface area contributed by atoms with E-state index in [1.807, 2.05) is 30.3 Å². The Labute approximate surface area is 98.0 Å². The van der Waals surface area contributed by atoms with Gasteiger partial charge in [0.25, 0.3) is 9.76 Å². The molecule has 0 heterocycles. The van der Waals surface area contributed by atoms with Crippen LogP contribution in [0.15, 0.2) is 42.5 Å². The third kappa shape index (κ3) is 4.91. The van der Waals surface area contributed by atoms with Gasteiger partial charge in [0.1, 0.15) is 6.61 Å². The zero-order valence-electron chi connectivity index (χ0n) is 9.23. The first kappa shape index (κ1) is 12.7. The molecule has 0 aliphatic rings. The summed E-state index contributed by atoms with van der Waals surface area (Å²) in [5.74, 6) is -0.369. The van der Waals surface area contributed by atoms with Crippen molar-refractivity contribution in [2.45, 2.75) is 6.92 Å². The second kappa shape index (κ2) is 6.98. The average molecular weight is 234 g/mol. The Morgan fingerprint density at radius 1 is 1.31 bits per heavy atom. The highest BCUT2D eigenvalue weighted by molar-refractivity contribution is 6.46. The summed E-state index contributed by atoms with van der Waals surface area (Å²) >= 11 is 0.